The minimum atomic E-state index is -0.499. The molecule has 3 rings (SSSR count). The number of nitrogens with zero attached hydrogens (tertiary/aromatic N) is 1. The average molecular weight is 481 g/mol. The van der Waals surface area contributed by atoms with Crippen LogP contribution in [-0.4, -0.2) is 23.4 Å². The highest BCUT2D eigenvalue weighted by Gasteiger charge is 2.17. The lowest BCUT2D eigenvalue weighted by atomic mass is 10.2. The van der Waals surface area contributed by atoms with E-state index < -0.39 is 11.8 Å². The molecule has 9 heteroatoms. The zero-order valence-corrected chi connectivity index (χ0v) is 17.8. The summed E-state index contributed by atoms with van der Waals surface area (Å²) in [6.45, 7) is 1.48. The normalized spacial score (nSPS) is 10.4. The molecule has 1 aromatic heterocycles. The Kier molecular flexibility index (Phi) is 6.66. The fraction of sp³-hybridized carbons (Fsp3) is 0.105. The fourth-order valence-electron chi connectivity index (χ4n) is 2.27. The maximum Gasteiger partial charge on any atom is 0.281 e. The molecule has 2 N–H and O–H groups in total. The van der Waals surface area contributed by atoms with Crippen LogP contribution in [-0.2, 0) is 4.79 Å². The number of amides is 2. The summed E-state index contributed by atoms with van der Waals surface area (Å²) in [7, 11) is 0. The maximum absolute atomic E-state index is 12.4. The van der Waals surface area contributed by atoms with Gasteiger partial charge in [0.1, 0.15) is 15.6 Å². The van der Waals surface area contributed by atoms with Gasteiger partial charge in [-0.3, -0.25) is 20.4 Å². The van der Waals surface area contributed by atoms with Crippen molar-refractivity contribution in [3.05, 3.63) is 68.6 Å². The molecule has 0 atom stereocenters. The van der Waals surface area contributed by atoms with Gasteiger partial charge in [0.05, 0.1) is 10.2 Å². The first-order chi connectivity index (χ1) is 13.4. The molecule has 1 heterocycles. The Morgan fingerprint density at radius 3 is 2.64 bits per heavy atom. The number of thiazole rings is 1. The monoisotopic (exact) mass is 479 g/mol. The molecule has 0 bridgehead atoms. The Morgan fingerprint density at radius 1 is 1.18 bits per heavy atom. The quantitative estimate of drug-likeness (QED) is 0.531. The summed E-state index contributed by atoms with van der Waals surface area (Å²) in [4.78, 5) is 29.2. The predicted molar refractivity (Wildman–Crippen MR) is 113 cm³/mol. The van der Waals surface area contributed by atoms with Gasteiger partial charge in [0.2, 0.25) is 0 Å². The molecule has 0 fully saturated rings. The van der Waals surface area contributed by atoms with Crippen molar-refractivity contribution < 1.29 is 14.3 Å². The van der Waals surface area contributed by atoms with Gasteiger partial charge in [0.15, 0.2) is 6.61 Å². The van der Waals surface area contributed by atoms with Crippen LogP contribution in [0, 0.1) is 6.92 Å². The third-order valence-corrected chi connectivity index (χ3v) is 5.65. The molecule has 0 aliphatic carbocycles. The molecule has 2 aromatic carbocycles. The van der Waals surface area contributed by atoms with E-state index in [2.05, 4.69) is 31.8 Å². The molecule has 0 saturated carbocycles. The van der Waals surface area contributed by atoms with Crippen molar-refractivity contribution in [1.29, 1.82) is 0 Å². The molecule has 2 amide bonds. The van der Waals surface area contributed by atoms with Crippen LogP contribution in [0.5, 0.6) is 5.75 Å². The van der Waals surface area contributed by atoms with Crippen molar-refractivity contribution in [3.8, 4) is 16.3 Å². The van der Waals surface area contributed by atoms with Gasteiger partial charge in [0.25, 0.3) is 11.8 Å². The molecule has 28 heavy (non-hydrogen) atoms. The number of carbonyl (C=O) groups is 2. The number of nitrogens with one attached hydrogen (secondary N) is 2. The molecule has 0 radical (unpaired) electrons. The summed E-state index contributed by atoms with van der Waals surface area (Å²) in [5.41, 5.74) is 6.24. The van der Waals surface area contributed by atoms with Crippen molar-refractivity contribution in [2.45, 2.75) is 6.92 Å². The van der Waals surface area contributed by atoms with Crippen molar-refractivity contribution in [3.63, 3.8) is 0 Å². The number of carbonyl (C=O) groups excluding carboxylic acids is 2. The average Bonchev–Trinajstić information content (AvgIpc) is 3.08. The lowest BCUT2D eigenvalue weighted by Crippen LogP contribution is -2.43. The Labute approximate surface area is 179 Å². The van der Waals surface area contributed by atoms with Gasteiger partial charge in [-0.05, 0) is 41.1 Å². The molecule has 3 aromatic rings. The number of aromatic nitrogens is 1. The van der Waals surface area contributed by atoms with E-state index >= 15 is 0 Å². The molecule has 144 valence electrons. The van der Waals surface area contributed by atoms with Gasteiger partial charge >= 0.3 is 0 Å². The Bertz CT molecular complexity index is 1010. The molecule has 0 saturated heterocycles. The maximum atomic E-state index is 12.4. The number of aryl methyl sites for hydroxylation is 1. The molecular formula is C19H15BrClN3O3S. The summed E-state index contributed by atoms with van der Waals surface area (Å²) in [6.07, 6.45) is 0. The second-order valence-electron chi connectivity index (χ2n) is 5.67. The Hall–Kier alpha value is -2.42. The number of hydrogen-bond donors (Lipinski definition) is 2. The van der Waals surface area contributed by atoms with E-state index in [-0.39, 0.29) is 6.61 Å². The number of hydrogen-bond acceptors (Lipinski definition) is 5. The summed E-state index contributed by atoms with van der Waals surface area (Å²) < 4.78 is 6.03. The van der Waals surface area contributed by atoms with E-state index in [4.69, 9.17) is 16.3 Å². The number of benzene rings is 2. The SMILES string of the molecule is Cc1nc(-c2ccccc2)sc1C(=O)NNC(=O)COc1ccc(Cl)cc1Br. The molecule has 0 aliphatic heterocycles. The van der Waals surface area contributed by atoms with Crippen molar-refractivity contribution in [1.82, 2.24) is 15.8 Å². The molecule has 0 unspecified atom stereocenters. The number of ether oxygens (including phenoxy) is 1. The number of hydrazine groups is 1. The van der Waals surface area contributed by atoms with E-state index in [1.54, 1.807) is 25.1 Å². The first kappa shape index (κ1) is 20.3. The van der Waals surface area contributed by atoms with Crippen LogP contribution in [0.3, 0.4) is 0 Å². The van der Waals surface area contributed by atoms with Gasteiger partial charge < -0.3 is 4.74 Å². The smallest absolute Gasteiger partial charge is 0.281 e. The minimum Gasteiger partial charge on any atom is -0.483 e. The minimum absolute atomic E-state index is 0.266. The fourth-order valence-corrected chi connectivity index (χ4v) is 4.03. The highest BCUT2D eigenvalue weighted by molar-refractivity contribution is 9.10. The first-order valence-corrected chi connectivity index (χ1v) is 10.1. The van der Waals surface area contributed by atoms with E-state index in [1.165, 1.54) is 11.3 Å². The van der Waals surface area contributed by atoms with Crippen LogP contribution in [0.1, 0.15) is 15.4 Å². The molecule has 0 spiro atoms. The second-order valence-corrected chi connectivity index (χ2v) is 7.96. The van der Waals surface area contributed by atoms with Crippen LogP contribution in [0.25, 0.3) is 10.6 Å². The highest BCUT2D eigenvalue weighted by Crippen LogP contribution is 2.28. The van der Waals surface area contributed by atoms with Crippen molar-refractivity contribution in [2.24, 2.45) is 0 Å². The van der Waals surface area contributed by atoms with Gasteiger partial charge in [-0.15, -0.1) is 11.3 Å². The first-order valence-electron chi connectivity index (χ1n) is 8.14. The van der Waals surface area contributed by atoms with Gasteiger partial charge in [-0.2, -0.15) is 0 Å². The van der Waals surface area contributed by atoms with E-state index in [0.717, 1.165) is 10.6 Å². The van der Waals surface area contributed by atoms with Crippen molar-refractivity contribution >= 4 is 50.7 Å². The number of rotatable bonds is 5. The van der Waals surface area contributed by atoms with Crippen LogP contribution in [0.4, 0.5) is 0 Å². The van der Waals surface area contributed by atoms with Gasteiger partial charge in [-0.25, -0.2) is 4.98 Å². The van der Waals surface area contributed by atoms with E-state index in [0.29, 0.717) is 25.8 Å². The van der Waals surface area contributed by atoms with E-state index in [1.807, 2.05) is 30.3 Å². The summed E-state index contributed by atoms with van der Waals surface area (Å²) in [6, 6.07) is 14.5. The summed E-state index contributed by atoms with van der Waals surface area (Å²) in [5.74, 6) is -0.462. The zero-order chi connectivity index (χ0) is 20.1. The Balaban J connectivity index is 1.55. The topological polar surface area (TPSA) is 80.3 Å². The highest BCUT2D eigenvalue weighted by atomic mass is 79.9. The third-order valence-electron chi connectivity index (χ3n) is 3.59. The Morgan fingerprint density at radius 2 is 1.93 bits per heavy atom. The lowest BCUT2D eigenvalue weighted by Gasteiger charge is -2.09. The largest absolute Gasteiger partial charge is 0.483 e. The molecular weight excluding hydrogens is 466 g/mol. The standard InChI is InChI=1S/C19H15BrClN3O3S/c1-11-17(28-19(22-11)12-5-3-2-4-6-12)18(26)24-23-16(25)10-27-15-8-7-13(21)9-14(15)20/h2-9H,10H2,1H3,(H,23,25)(H,24,26). The molecule has 0 aliphatic rings. The molecule has 6 nitrogen and oxygen atoms in total. The van der Waals surface area contributed by atoms with Crippen LogP contribution in [0.15, 0.2) is 53.0 Å². The summed E-state index contributed by atoms with van der Waals surface area (Å²) >= 11 is 10.4. The van der Waals surface area contributed by atoms with Gasteiger partial charge in [0, 0.05) is 10.6 Å². The number of halogens is 2. The van der Waals surface area contributed by atoms with E-state index in [9.17, 15) is 9.59 Å². The van der Waals surface area contributed by atoms with Crippen LogP contribution >= 0.6 is 38.9 Å². The zero-order valence-electron chi connectivity index (χ0n) is 14.7. The third kappa shape index (κ3) is 5.09. The van der Waals surface area contributed by atoms with Crippen LogP contribution < -0.4 is 15.6 Å². The van der Waals surface area contributed by atoms with Gasteiger partial charge in [-0.1, -0.05) is 41.9 Å². The second kappa shape index (κ2) is 9.18. The lowest BCUT2D eigenvalue weighted by molar-refractivity contribution is -0.123. The van der Waals surface area contributed by atoms with Crippen LogP contribution in [0.2, 0.25) is 5.02 Å². The predicted octanol–water partition coefficient (Wildman–Crippen LogP) is 4.37. The van der Waals surface area contributed by atoms with Crippen molar-refractivity contribution in [2.75, 3.05) is 6.61 Å². The summed E-state index contributed by atoms with van der Waals surface area (Å²) in [5, 5.41) is 1.29.